The first-order chi connectivity index (χ1) is 7.72. The van der Waals surface area contributed by atoms with Gasteiger partial charge in [-0.05, 0) is 25.0 Å². The molecule has 1 aliphatic heterocycles. The van der Waals surface area contributed by atoms with Gasteiger partial charge in [-0.2, -0.15) is 0 Å². The molecule has 0 aromatic carbocycles. The Hall–Kier alpha value is -1.78. The molecule has 2 N–H and O–H groups in total. The molecule has 1 fully saturated rings. The first-order valence-corrected chi connectivity index (χ1v) is 5.29. The standard InChI is InChI=1S/C11H15N3O2/c1-16-11(15)8-4-3-7-14(8)10-6-2-5-9(12)13-10/h2,5-6,8H,3-4,7H2,1H3,(H2,12,13). The maximum atomic E-state index is 11.6. The molecular formula is C11H15N3O2. The van der Waals surface area contributed by atoms with Crippen LogP contribution in [0.15, 0.2) is 18.2 Å². The van der Waals surface area contributed by atoms with Gasteiger partial charge in [-0.3, -0.25) is 0 Å². The minimum Gasteiger partial charge on any atom is -0.467 e. The van der Waals surface area contributed by atoms with Gasteiger partial charge in [-0.1, -0.05) is 6.07 Å². The summed E-state index contributed by atoms with van der Waals surface area (Å²) in [6.07, 6.45) is 1.78. The Morgan fingerprint density at radius 1 is 1.62 bits per heavy atom. The summed E-state index contributed by atoms with van der Waals surface area (Å²) < 4.78 is 4.78. The quantitative estimate of drug-likeness (QED) is 0.748. The van der Waals surface area contributed by atoms with Crippen LogP contribution < -0.4 is 10.6 Å². The van der Waals surface area contributed by atoms with E-state index in [1.54, 1.807) is 6.07 Å². The smallest absolute Gasteiger partial charge is 0.328 e. The van der Waals surface area contributed by atoms with Gasteiger partial charge in [0.25, 0.3) is 0 Å². The van der Waals surface area contributed by atoms with E-state index in [1.807, 2.05) is 17.0 Å². The predicted molar refractivity (Wildman–Crippen MR) is 61.0 cm³/mol. The van der Waals surface area contributed by atoms with Crippen LogP contribution in [0.5, 0.6) is 0 Å². The number of hydrogen-bond donors (Lipinski definition) is 1. The second kappa shape index (κ2) is 4.38. The van der Waals surface area contributed by atoms with Crippen LogP contribution in [0.4, 0.5) is 11.6 Å². The number of nitrogen functional groups attached to an aromatic ring is 1. The van der Waals surface area contributed by atoms with Crippen molar-refractivity contribution in [2.24, 2.45) is 0 Å². The first-order valence-electron chi connectivity index (χ1n) is 5.29. The monoisotopic (exact) mass is 221 g/mol. The first kappa shape index (κ1) is 10.7. The highest BCUT2D eigenvalue weighted by atomic mass is 16.5. The van der Waals surface area contributed by atoms with Crippen LogP contribution in [-0.2, 0) is 9.53 Å². The highest BCUT2D eigenvalue weighted by molar-refractivity contribution is 5.80. The zero-order valence-electron chi connectivity index (χ0n) is 9.22. The van der Waals surface area contributed by atoms with Crippen molar-refractivity contribution in [2.45, 2.75) is 18.9 Å². The molecule has 86 valence electrons. The summed E-state index contributed by atoms with van der Waals surface area (Å²) in [5.41, 5.74) is 5.63. The van der Waals surface area contributed by atoms with E-state index in [-0.39, 0.29) is 12.0 Å². The molecule has 1 unspecified atom stereocenters. The SMILES string of the molecule is COC(=O)C1CCCN1c1cccc(N)n1. The van der Waals surface area contributed by atoms with Crippen LogP contribution in [0.2, 0.25) is 0 Å². The molecule has 5 nitrogen and oxygen atoms in total. The number of nitrogens with zero attached hydrogens (tertiary/aromatic N) is 2. The summed E-state index contributed by atoms with van der Waals surface area (Å²) >= 11 is 0. The Bertz CT molecular complexity index is 395. The van der Waals surface area contributed by atoms with Crippen molar-refractivity contribution in [2.75, 3.05) is 24.3 Å². The molecule has 2 rings (SSSR count). The topological polar surface area (TPSA) is 68.5 Å². The number of nitrogens with two attached hydrogens (primary N) is 1. The summed E-state index contributed by atoms with van der Waals surface area (Å²) in [6, 6.07) is 5.20. The van der Waals surface area contributed by atoms with Gasteiger partial charge in [-0.25, -0.2) is 9.78 Å². The molecule has 1 saturated heterocycles. The van der Waals surface area contributed by atoms with E-state index in [4.69, 9.17) is 10.5 Å². The molecule has 0 saturated carbocycles. The fourth-order valence-electron chi connectivity index (χ4n) is 2.02. The number of pyridine rings is 1. The number of methoxy groups -OCH3 is 1. The van der Waals surface area contributed by atoms with Crippen molar-refractivity contribution in [3.63, 3.8) is 0 Å². The van der Waals surface area contributed by atoms with E-state index in [1.165, 1.54) is 7.11 Å². The van der Waals surface area contributed by atoms with Gasteiger partial charge >= 0.3 is 5.97 Å². The Morgan fingerprint density at radius 3 is 3.12 bits per heavy atom. The van der Waals surface area contributed by atoms with E-state index in [0.29, 0.717) is 5.82 Å². The van der Waals surface area contributed by atoms with Gasteiger partial charge in [0.15, 0.2) is 0 Å². The number of carbonyl (C=O) groups excluding carboxylic acids is 1. The van der Waals surface area contributed by atoms with Gasteiger partial charge in [0.1, 0.15) is 17.7 Å². The van der Waals surface area contributed by atoms with Gasteiger partial charge < -0.3 is 15.4 Å². The zero-order chi connectivity index (χ0) is 11.5. The van der Waals surface area contributed by atoms with Crippen LogP contribution in [0.25, 0.3) is 0 Å². The van der Waals surface area contributed by atoms with E-state index in [2.05, 4.69) is 4.98 Å². The lowest BCUT2D eigenvalue weighted by Gasteiger charge is -2.23. The van der Waals surface area contributed by atoms with E-state index < -0.39 is 0 Å². The predicted octanol–water partition coefficient (Wildman–Crippen LogP) is 0.806. The number of hydrogen-bond acceptors (Lipinski definition) is 5. The summed E-state index contributed by atoms with van der Waals surface area (Å²) in [6.45, 7) is 0.816. The van der Waals surface area contributed by atoms with E-state index >= 15 is 0 Å². The third-order valence-corrected chi connectivity index (χ3v) is 2.78. The van der Waals surface area contributed by atoms with E-state index in [0.717, 1.165) is 25.2 Å². The normalized spacial score (nSPS) is 19.8. The number of anilines is 2. The Morgan fingerprint density at radius 2 is 2.44 bits per heavy atom. The van der Waals surface area contributed by atoms with Crippen molar-refractivity contribution >= 4 is 17.6 Å². The van der Waals surface area contributed by atoms with E-state index in [9.17, 15) is 4.79 Å². The summed E-state index contributed by atoms with van der Waals surface area (Å²) in [4.78, 5) is 17.7. The van der Waals surface area contributed by atoms with Crippen LogP contribution in [0, 0.1) is 0 Å². The average Bonchev–Trinajstić information content (AvgIpc) is 2.77. The molecule has 16 heavy (non-hydrogen) atoms. The molecule has 0 spiro atoms. The number of rotatable bonds is 2. The highest BCUT2D eigenvalue weighted by Gasteiger charge is 2.32. The molecule has 5 heteroatoms. The third kappa shape index (κ3) is 1.93. The van der Waals surface area contributed by atoms with Crippen LogP contribution in [-0.4, -0.2) is 30.6 Å². The van der Waals surface area contributed by atoms with Crippen molar-refractivity contribution in [1.29, 1.82) is 0 Å². The molecule has 0 amide bonds. The minimum absolute atomic E-state index is 0.207. The molecule has 0 radical (unpaired) electrons. The summed E-state index contributed by atoms with van der Waals surface area (Å²) in [5, 5.41) is 0. The van der Waals surface area contributed by atoms with Crippen LogP contribution >= 0.6 is 0 Å². The minimum atomic E-state index is -0.223. The molecule has 2 heterocycles. The molecule has 0 bridgehead atoms. The molecular weight excluding hydrogens is 206 g/mol. The van der Waals surface area contributed by atoms with Crippen molar-refractivity contribution in [3.05, 3.63) is 18.2 Å². The fourth-order valence-corrected chi connectivity index (χ4v) is 2.02. The lowest BCUT2D eigenvalue weighted by Crippen LogP contribution is -2.37. The van der Waals surface area contributed by atoms with Crippen LogP contribution in [0.1, 0.15) is 12.8 Å². The molecule has 0 aliphatic carbocycles. The van der Waals surface area contributed by atoms with Crippen molar-refractivity contribution < 1.29 is 9.53 Å². The Balaban J connectivity index is 2.23. The fraction of sp³-hybridized carbons (Fsp3) is 0.455. The highest BCUT2D eigenvalue weighted by Crippen LogP contribution is 2.24. The largest absolute Gasteiger partial charge is 0.467 e. The molecule has 1 aliphatic rings. The van der Waals surface area contributed by atoms with Crippen LogP contribution in [0.3, 0.4) is 0 Å². The van der Waals surface area contributed by atoms with Gasteiger partial charge in [-0.15, -0.1) is 0 Å². The zero-order valence-corrected chi connectivity index (χ0v) is 9.22. The second-order valence-electron chi connectivity index (χ2n) is 3.80. The number of ether oxygens (including phenoxy) is 1. The summed E-state index contributed by atoms with van der Waals surface area (Å²) in [5.74, 6) is 1.00. The average molecular weight is 221 g/mol. The number of carbonyl (C=O) groups is 1. The number of aromatic nitrogens is 1. The van der Waals surface area contributed by atoms with Crippen molar-refractivity contribution in [1.82, 2.24) is 4.98 Å². The van der Waals surface area contributed by atoms with Gasteiger partial charge in [0, 0.05) is 6.54 Å². The Labute approximate surface area is 94.2 Å². The maximum absolute atomic E-state index is 11.6. The third-order valence-electron chi connectivity index (χ3n) is 2.78. The molecule has 1 atom stereocenters. The second-order valence-corrected chi connectivity index (χ2v) is 3.80. The van der Waals surface area contributed by atoms with Gasteiger partial charge in [0.2, 0.25) is 0 Å². The lowest BCUT2D eigenvalue weighted by atomic mass is 10.2. The number of esters is 1. The summed E-state index contributed by atoms with van der Waals surface area (Å²) in [7, 11) is 1.41. The lowest BCUT2D eigenvalue weighted by molar-refractivity contribution is -0.141. The van der Waals surface area contributed by atoms with Crippen molar-refractivity contribution in [3.8, 4) is 0 Å². The maximum Gasteiger partial charge on any atom is 0.328 e. The molecule has 1 aromatic rings. The molecule has 1 aromatic heterocycles. The Kier molecular flexibility index (Phi) is 2.94. The van der Waals surface area contributed by atoms with Gasteiger partial charge in [0.05, 0.1) is 7.11 Å².